The van der Waals surface area contributed by atoms with E-state index in [9.17, 15) is 9.90 Å². The van der Waals surface area contributed by atoms with Crippen molar-refractivity contribution in [3.05, 3.63) is 87.4 Å². The molecule has 0 radical (unpaired) electrons. The first-order valence-corrected chi connectivity index (χ1v) is 16.1. The molecule has 0 spiro atoms. The molecule has 1 aromatic heterocycles. The average molecular weight is 678 g/mol. The summed E-state index contributed by atoms with van der Waals surface area (Å²) in [7, 11) is 2.95. The van der Waals surface area contributed by atoms with Crippen molar-refractivity contribution in [3.63, 3.8) is 0 Å². The molecule has 12 heteroatoms. The second kappa shape index (κ2) is 11.2. The van der Waals surface area contributed by atoms with Crippen LogP contribution in [0.1, 0.15) is 28.7 Å². The molecule has 0 bridgehead atoms. The third-order valence-electron chi connectivity index (χ3n) is 8.92. The third-order valence-corrected chi connectivity index (χ3v) is 10.5. The highest BCUT2D eigenvalue weighted by Crippen LogP contribution is 2.56. The van der Waals surface area contributed by atoms with Gasteiger partial charge in [-0.05, 0) is 77.4 Å². The number of aromatic nitrogens is 1. The lowest BCUT2D eigenvalue weighted by Gasteiger charge is -2.40. The van der Waals surface area contributed by atoms with E-state index in [1.54, 1.807) is 18.2 Å². The summed E-state index contributed by atoms with van der Waals surface area (Å²) in [6, 6.07) is 18.7. The van der Waals surface area contributed by atoms with Crippen molar-refractivity contribution in [2.24, 2.45) is 11.8 Å². The molecule has 5 aromatic rings. The van der Waals surface area contributed by atoms with E-state index < -0.39 is 11.8 Å². The van der Waals surface area contributed by atoms with Gasteiger partial charge in [-0.15, -0.1) is 11.3 Å². The maximum absolute atomic E-state index is 13.5. The van der Waals surface area contributed by atoms with Crippen LogP contribution in [-0.4, -0.2) is 43.7 Å². The average Bonchev–Trinajstić information content (AvgIpc) is 3.79. The van der Waals surface area contributed by atoms with Gasteiger partial charge in [0.2, 0.25) is 12.5 Å². The van der Waals surface area contributed by atoms with Gasteiger partial charge in [-0.2, -0.15) is 0 Å². The fourth-order valence-electron chi connectivity index (χ4n) is 6.81. The minimum Gasteiger partial charge on any atom is -0.502 e. The number of carbonyl (C=O) groups excluding carboxylic acids is 1. The number of nitrogens with one attached hydrogen (secondary N) is 1. The largest absolute Gasteiger partial charge is 0.502 e. The number of hydrogen-bond acceptors (Lipinski definition) is 10. The fourth-order valence-corrected chi connectivity index (χ4v) is 8.50. The molecular weight excluding hydrogens is 651 g/mol. The molecule has 8 rings (SSSR count). The minimum absolute atomic E-state index is 0.109. The Labute approximate surface area is 277 Å². The zero-order chi connectivity index (χ0) is 31.7. The van der Waals surface area contributed by atoms with Crippen LogP contribution < -0.4 is 24.3 Å². The number of nitrogens with zero attached hydrogens (tertiary/aromatic N) is 1. The predicted octanol–water partition coefficient (Wildman–Crippen LogP) is 7.81. The van der Waals surface area contributed by atoms with Gasteiger partial charge in [0, 0.05) is 28.1 Å². The highest BCUT2D eigenvalue weighted by atomic mass is 35.5. The zero-order valence-electron chi connectivity index (χ0n) is 24.5. The van der Waals surface area contributed by atoms with Crippen LogP contribution in [0.2, 0.25) is 10.0 Å². The summed E-state index contributed by atoms with van der Waals surface area (Å²) in [6.45, 7) is 0.354. The number of phenolic OH excluding ortho intramolecular Hbond substituents is 1. The van der Waals surface area contributed by atoms with E-state index in [2.05, 4.69) is 5.32 Å². The molecule has 2 aliphatic heterocycles. The quantitative estimate of drug-likeness (QED) is 0.174. The lowest BCUT2D eigenvalue weighted by atomic mass is 9.65. The van der Waals surface area contributed by atoms with Gasteiger partial charge in [-0.1, -0.05) is 23.2 Å². The van der Waals surface area contributed by atoms with Crippen LogP contribution in [0.15, 0.2) is 60.7 Å². The van der Waals surface area contributed by atoms with E-state index in [1.807, 2.05) is 42.5 Å². The van der Waals surface area contributed by atoms with Crippen LogP contribution >= 0.6 is 34.5 Å². The number of rotatable bonds is 6. The number of hydrogen-bond donors (Lipinski definition) is 2. The number of ether oxygens (including phenoxy) is 5. The lowest BCUT2D eigenvalue weighted by Crippen LogP contribution is -2.37. The molecule has 1 saturated heterocycles. The maximum atomic E-state index is 13.5. The monoisotopic (exact) mass is 676 g/mol. The summed E-state index contributed by atoms with van der Waals surface area (Å²) >= 11 is 14.1. The van der Waals surface area contributed by atoms with E-state index in [0.717, 1.165) is 43.2 Å². The predicted molar refractivity (Wildman–Crippen MR) is 175 cm³/mol. The van der Waals surface area contributed by atoms with Gasteiger partial charge in [0.1, 0.15) is 10.5 Å². The van der Waals surface area contributed by atoms with Gasteiger partial charge in [0.05, 0.1) is 42.5 Å². The Balaban J connectivity index is 1.20. The highest BCUT2D eigenvalue weighted by molar-refractivity contribution is 7.21. The van der Waals surface area contributed by atoms with Crippen molar-refractivity contribution in [1.29, 1.82) is 0 Å². The van der Waals surface area contributed by atoms with Crippen molar-refractivity contribution < 1.29 is 33.6 Å². The third kappa shape index (κ3) is 4.66. The number of cyclic esters (lactones) is 1. The Kier molecular flexibility index (Phi) is 7.04. The van der Waals surface area contributed by atoms with E-state index in [4.69, 9.17) is 51.9 Å². The second-order valence-corrected chi connectivity index (χ2v) is 13.2. The molecule has 3 aliphatic rings. The topological polar surface area (TPSA) is 108 Å². The summed E-state index contributed by atoms with van der Waals surface area (Å²) in [4.78, 5) is 18.2. The van der Waals surface area contributed by atoms with Crippen LogP contribution in [0.25, 0.3) is 20.8 Å². The van der Waals surface area contributed by atoms with E-state index in [-0.39, 0.29) is 48.6 Å². The summed E-state index contributed by atoms with van der Waals surface area (Å²) in [6.07, 6.45) is 0. The number of anilines is 1. The van der Waals surface area contributed by atoms with Crippen molar-refractivity contribution in [2.45, 2.75) is 12.0 Å². The smallest absolute Gasteiger partial charge is 0.310 e. The molecule has 0 saturated carbocycles. The lowest BCUT2D eigenvalue weighted by molar-refractivity contribution is -0.141. The summed E-state index contributed by atoms with van der Waals surface area (Å²) in [5.74, 6) is 0.174. The van der Waals surface area contributed by atoms with E-state index in [0.29, 0.717) is 21.5 Å². The van der Waals surface area contributed by atoms with Crippen LogP contribution in [0.3, 0.4) is 0 Å². The first-order valence-electron chi connectivity index (χ1n) is 14.5. The summed E-state index contributed by atoms with van der Waals surface area (Å²) in [5, 5.41) is 16.2. The number of carbonyl (C=O) groups is 1. The molecule has 0 unspecified atom stereocenters. The molecule has 0 amide bonds. The van der Waals surface area contributed by atoms with Crippen LogP contribution in [0.5, 0.6) is 28.7 Å². The van der Waals surface area contributed by atoms with Crippen molar-refractivity contribution in [3.8, 4) is 39.3 Å². The van der Waals surface area contributed by atoms with Crippen molar-refractivity contribution in [1.82, 2.24) is 4.98 Å². The Morgan fingerprint density at radius 1 is 0.935 bits per heavy atom. The van der Waals surface area contributed by atoms with E-state index >= 15 is 0 Å². The van der Waals surface area contributed by atoms with Gasteiger partial charge in [-0.25, -0.2) is 4.98 Å². The van der Waals surface area contributed by atoms with Crippen LogP contribution in [0.4, 0.5) is 5.69 Å². The molecule has 4 aromatic carbocycles. The number of methoxy groups -OCH3 is 2. The van der Waals surface area contributed by atoms with Gasteiger partial charge in [-0.3, -0.25) is 4.79 Å². The standard InChI is InChI=1S/C34H26Cl2N2O7S/c1-41-25-7-16(8-26(42-2)32(25)39)28-19-11-23-24(45-14-44-23)12-20(19)30(21-13-43-34(40)29(21)28)37-18-5-3-15(4-6-18)33-38-31-22(36)9-17(35)10-27(31)46-33/h3-12,21,28-30,37,39H,13-14H2,1-2H3/t21-,28+,29-,30+/m0/s1. The number of esters is 1. The number of thiazole rings is 1. The molecule has 234 valence electrons. The first kappa shape index (κ1) is 29.1. The van der Waals surface area contributed by atoms with Crippen LogP contribution in [-0.2, 0) is 9.53 Å². The Bertz CT molecular complexity index is 2010. The number of benzene rings is 4. The Hall–Kier alpha value is -4.38. The van der Waals surface area contributed by atoms with Gasteiger partial charge >= 0.3 is 5.97 Å². The van der Waals surface area contributed by atoms with E-state index in [1.165, 1.54) is 25.6 Å². The molecule has 1 fully saturated rings. The van der Waals surface area contributed by atoms with Crippen LogP contribution in [0, 0.1) is 11.8 Å². The fraction of sp³-hybridized carbons (Fsp3) is 0.235. The molecule has 9 nitrogen and oxygen atoms in total. The zero-order valence-corrected chi connectivity index (χ0v) is 26.8. The Morgan fingerprint density at radius 3 is 2.33 bits per heavy atom. The molecular formula is C34H26Cl2N2O7S. The number of fused-ring (bicyclic) bond motifs is 4. The van der Waals surface area contributed by atoms with Gasteiger partial charge in [0.15, 0.2) is 23.0 Å². The maximum Gasteiger partial charge on any atom is 0.310 e. The van der Waals surface area contributed by atoms with Crippen molar-refractivity contribution >= 4 is 56.4 Å². The van der Waals surface area contributed by atoms with Gasteiger partial charge < -0.3 is 34.1 Å². The highest BCUT2D eigenvalue weighted by Gasteiger charge is 2.52. The number of halogens is 2. The molecule has 2 N–H and O–H groups in total. The number of aromatic hydroxyl groups is 1. The molecule has 46 heavy (non-hydrogen) atoms. The number of phenols is 1. The summed E-state index contributed by atoms with van der Waals surface area (Å²) in [5.41, 5.74) is 5.13. The molecule has 3 heterocycles. The van der Waals surface area contributed by atoms with Crippen molar-refractivity contribution in [2.75, 3.05) is 32.9 Å². The summed E-state index contributed by atoms with van der Waals surface area (Å²) < 4.78 is 29.1. The Morgan fingerprint density at radius 2 is 1.63 bits per heavy atom. The molecule has 4 atom stereocenters. The minimum atomic E-state index is -0.525. The normalized spacial score (nSPS) is 21.1. The SMILES string of the molecule is COc1cc([C@@H]2c3cc4c(cc3[C@@H](Nc3ccc(-c5nc6c(Cl)cc(Cl)cc6s5)cc3)[C@H]3COC(=O)[C@H]23)OCO4)cc(OC)c1O. The first-order chi connectivity index (χ1) is 22.3. The second-order valence-electron chi connectivity index (χ2n) is 11.4. The molecule has 1 aliphatic carbocycles. The van der Waals surface area contributed by atoms with Gasteiger partial charge in [0.25, 0.3) is 0 Å².